The van der Waals surface area contributed by atoms with Crippen molar-refractivity contribution in [1.82, 2.24) is 9.80 Å². The maximum absolute atomic E-state index is 2.74. The lowest BCUT2D eigenvalue weighted by molar-refractivity contribution is 0.0697. The molecule has 0 spiro atoms. The first kappa shape index (κ1) is 11.4. The normalized spacial score (nSPS) is 29.4. The molecular weight excluding hydrogens is 184 g/mol. The predicted molar refractivity (Wildman–Crippen MR) is 65.1 cm³/mol. The molecule has 0 radical (unpaired) electrons. The Balaban J connectivity index is 1.81. The van der Waals surface area contributed by atoms with Crippen LogP contribution >= 0.6 is 0 Å². The third-order valence-electron chi connectivity index (χ3n) is 3.77. The first-order valence-electron chi connectivity index (χ1n) is 6.72. The second-order valence-corrected chi connectivity index (χ2v) is 5.69. The molecule has 1 unspecified atom stereocenters. The number of likely N-dealkylation sites (tertiary alicyclic amines) is 2. The van der Waals surface area contributed by atoms with Gasteiger partial charge in [-0.05, 0) is 44.8 Å². The van der Waals surface area contributed by atoms with E-state index in [4.69, 9.17) is 0 Å². The molecule has 2 rings (SSSR count). The van der Waals surface area contributed by atoms with E-state index in [1.165, 1.54) is 58.4 Å². The Kier molecular flexibility index (Phi) is 4.04. The van der Waals surface area contributed by atoms with Gasteiger partial charge < -0.3 is 4.90 Å². The number of nitrogens with zero attached hydrogens (tertiary/aromatic N) is 2. The fourth-order valence-electron chi connectivity index (χ4n) is 2.84. The summed E-state index contributed by atoms with van der Waals surface area (Å²) in [4.78, 5) is 5.37. The Bertz CT molecular complexity index is 187. The summed E-state index contributed by atoms with van der Waals surface area (Å²) in [5.41, 5.74) is 0. The molecule has 0 aliphatic carbocycles. The molecule has 0 aromatic carbocycles. The molecule has 0 bridgehead atoms. The van der Waals surface area contributed by atoms with Crippen LogP contribution in [0.4, 0.5) is 0 Å². The molecule has 2 aliphatic rings. The van der Waals surface area contributed by atoms with E-state index in [9.17, 15) is 0 Å². The molecule has 0 aromatic rings. The molecule has 2 saturated heterocycles. The van der Waals surface area contributed by atoms with Crippen molar-refractivity contribution < 1.29 is 0 Å². The van der Waals surface area contributed by atoms with Gasteiger partial charge in [-0.25, -0.2) is 0 Å². The zero-order chi connectivity index (χ0) is 10.7. The van der Waals surface area contributed by atoms with E-state index in [1.807, 2.05) is 0 Å². The summed E-state index contributed by atoms with van der Waals surface area (Å²) in [6.45, 7) is 11.4. The minimum absolute atomic E-state index is 0.821. The van der Waals surface area contributed by atoms with Crippen molar-refractivity contribution >= 4 is 0 Å². The van der Waals surface area contributed by atoms with Crippen LogP contribution in [0, 0.1) is 5.92 Å². The van der Waals surface area contributed by atoms with Crippen molar-refractivity contribution in [3.8, 4) is 0 Å². The van der Waals surface area contributed by atoms with Gasteiger partial charge in [-0.1, -0.05) is 20.3 Å². The molecule has 0 N–H and O–H groups in total. The van der Waals surface area contributed by atoms with Gasteiger partial charge in [-0.15, -0.1) is 0 Å². The third kappa shape index (κ3) is 3.18. The van der Waals surface area contributed by atoms with Crippen LogP contribution in [0.5, 0.6) is 0 Å². The number of hydrogen-bond donors (Lipinski definition) is 0. The lowest BCUT2D eigenvalue weighted by atomic mass is 9.99. The van der Waals surface area contributed by atoms with Gasteiger partial charge in [-0.2, -0.15) is 0 Å². The lowest BCUT2D eigenvalue weighted by Crippen LogP contribution is -2.51. The molecule has 0 amide bonds. The minimum atomic E-state index is 0.821. The van der Waals surface area contributed by atoms with Crippen molar-refractivity contribution in [1.29, 1.82) is 0 Å². The molecule has 15 heavy (non-hydrogen) atoms. The van der Waals surface area contributed by atoms with E-state index in [0.29, 0.717) is 0 Å². The average Bonchev–Trinajstić information content (AvgIpc) is 2.13. The summed E-state index contributed by atoms with van der Waals surface area (Å²) >= 11 is 0. The van der Waals surface area contributed by atoms with Crippen LogP contribution in [-0.2, 0) is 0 Å². The summed E-state index contributed by atoms with van der Waals surface area (Å²) in [5.74, 6) is 0.821. The maximum Gasteiger partial charge on any atom is 0.0223 e. The van der Waals surface area contributed by atoms with Crippen molar-refractivity contribution in [2.24, 2.45) is 5.92 Å². The fourth-order valence-corrected chi connectivity index (χ4v) is 2.84. The van der Waals surface area contributed by atoms with Crippen LogP contribution in [0.3, 0.4) is 0 Å². The highest BCUT2D eigenvalue weighted by Crippen LogP contribution is 2.20. The smallest absolute Gasteiger partial charge is 0.0223 e. The summed E-state index contributed by atoms with van der Waals surface area (Å²) in [7, 11) is 0. The van der Waals surface area contributed by atoms with E-state index in [2.05, 4.69) is 23.6 Å². The molecule has 0 saturated carbocycles. The Hall–Kier alpha value is -0.0800. The highest BCUT2D eigenvalue weighted by atomic mass is 15.2. The average molecular weight is 210 g/mol. The zero-order valence-electron chi connectivity index (χ0n) is 10.4. The van der Waals surface area contributed by atoms with Crippen LogP contribution in [0.1, 0.15) is 39.5 Å². The quantitative estimate of drug-likeness (QED) is 0.702. The monoisotopic (exact) mass is 210 g/mol. The number of hydrogen-bond acceptors (Lipinski definition) is 2. The first-order chi connectivity index (χ1) is 7.25. The van der Waals surface area contributed by atoms with Crippen LogP contribution in [0.25, 0.3) is 0 Å². The van der Waals surface area contributed by atoms with E-state index in [0.717, 1.165) is 12.0 Å². The standard InChI is InChI=1S/C13H26N2/c1-12(2)10-15-9-4-3-6-13(15)11-14-7-5-8-14/h12-13H,3-11H2,1-2H3. The van der Waals surface area contributed by atoms with Crippen molar-refractivity contribution in [3.63, 3.8) is 0 Å². The van der Waals surface area contributed by atoms with E-state index < -0.39 is 0 Å². The zero-order valence-corrected chi connectivity index (χ0v) is 10.4. The molecule has 1 atom stereocenters. The van der Waals surface area contributed by atoms with Gasteiger partial charge in [0.05, 0.1) is 0 Å². The highest BCUT2D eigenvalue weighted by molar-refractivity contribution is 4.82. The summed E-state index contributed by atoms with van der Waals surface area (Å²) in [5, 5.41) is 0. The van der Waals surface area contributed by atoms with Crippen LogP contribution < -0.4 is 0 Å². The number of rotatable bonds is 4. The second kappa shape index (κ2) is 5.31. The molecule has 2 fully saturated rings. The highest BCUT2D eigenvalue weighted by Gasteiger charge is 2.26. The second-order valence-electron chi connectivity index (χ2n) is 5.69. The maximum atomic E-state index is 2.74. The Morgan fingerprint density at radius 2 is 1.87 bits per heavy atom. The Morgan fingerprint density at radius 3 is 2.47 bits per heavy atom. The molecule has 2 heteroatoms. The van der Waals surface area contributed by atoms with Gasteiger partial charge in [0.1, 0.15) is 0 Å². The lowest BCUT2D eigenvalue weighted by Gasteiger charge is -2.42. The topological polar surface area (TPSA) is 6.48 Å². The summed E-state index contributed by atoms with van der Waals surface area (Å²) in [6.07, 6.45) is 5.73. The van der Waals surface area contributed by atoms with E-state index >= 15 is 0 Å². The first-order valence-corrected chi connectivity index (χ1v) is 6.72. The molecule has 2 nitrogen and oxygen atoms in total. The van der Waals surface area contributed by atoms with Crippen molar-refractivity contribution in [3.05, 3.63) is 0 Å². The predicted octanol–water partition coefficient (Wildman–Crippen LogP) is 2.20. The Morgan fingerprint density at radius 1 is 1.07 bits per heavy atom. The van der Waals surface area contributed by atoms with Gasteiger partial charge in [0.2, 0.25) is 0 Å². The SMILES string of the molecule is CC(C)CN1CCCCC1CN1CCC1. The summed E-state index contributed by atoms with van der Waals surface area (Å²) < 4.78 is 0. The molecular formula is C13H26N2. The fraction of sp³-hybridized carbons (Fsp3) is 1.00. The van der Waals surface area contributed by atoms with Crippen LogP contribution in [-0.4, -0.2) is 48.6 Å². The van der Waals surface area contributed by atoms with Gasteiger partial charge in [0.25, 0.3) is 0 Å². The molecule has 0 aromatic heterocycles. The van der Waals surface area contributed by atoms with Crippen molar-refractivity contribution in [2.45, 2.75) is 45.6 Å². The summed E-state index contributed by atoms with van der Waals surface area (Å²) in [6, 6.07) is 0.862. The molecule has 88 valence electrons. The minimum Gasteiger partial charge on any atom is -0.302 e. The van der Waals surface area contributed by atoms with Gasteiger partial charge in [0, 0.05) is 19.1 Å². The molecule has 2 heterocycles. The largest absolute Gasteiger partial charge is 0.302 e. The van der Waals surface area contributed by atoms with Crippen LogP contribution in [0.15, 0.2) is 0 Å². The van der Waals surface area contributed by atoms with Gasteiger partial charge in [-0.3, -0.25) is 4.90 Å². The van der Waals surface area contributed by atoms with Gasteiger partial charge >= 0.3 is 0 Å². The number of piperidine rings is 1. The Labute approximate surface area is 94.6 Å². The van der Waals surface area contributed by atoms with E-state index in [1.54, 1.807) is 0 Å². The van der Waals surface area contributed by atoms with E-state index in [-0.39, 0.29) is 0 Å². The molecule has 2 aliphatic heterocycles. The third-order valence-corrected chi connectivity index (χ3v) is 3.77. The van der Waals surface area contributed by atoms with Gasteiger partial charge in [0.15, 0.2) is 0 Å². The van der Waals surface area contributed by atoms with Crippen LogP contribution in [0.2, 0.25) is 0 Å². The van der Waals surface area contributed by atoms with Crippen molar-refractivity contribution in [2.75, 3.05) is 32.7 Å².